The van der Waals surface area contributed by atoms with E-state index in [1.54, 1.807) is 11.3 Å². The lowest BCUT2D eigenvalue weighted by Gasteiger charge is -2.46. The third kappa shape index (κ3) is 2.76. The van der Waals surface area contributed by atoms with Crippen LogP contribution in [0.5, 0.6) is 0 Å². The van der Waals surface area contributed by atoms with E-state index >= 15 is 0 Å². The molecule has 0 fully saturated rings. The Morgan fingerprint density at radius 3 is 2.74 bits per heavy atom. The van der Waals surface area contributed by atoms with Gasteiger partial charge in [0.15, 0.2) is 0 Å². The maximum absolute atomic E-state index is 13.2. The van der Waals surface area contributed by atoms with Gasteiger partial charge in [-0.15, -0.1) is 11.3 Å². The van der Waals surface area contributed by atoms with Gasteiger partial charge >= 0.3 is 5.63 Å². The Morgan fingerprint density at radius 2 is 1.94 bits per heavy atom. The minimum Gasteiger partial charge on any atom is -0.422 e. The molecule has 0 amide bonds. The van der Waals surface area contributed by atoms with Crippen molar-refractivity contribution in [2.45, 2.75) is 57.4 Å². The van der Waals surface area contributed by atoms with Crippen molar-refractivity contribution >= 4 is 32.5 Å². The number of benzene rings is 2. The second kappa shape index (κ2) is 6.27. The maximum atomic E-state index is 13.2. The number of hydrogen-bond donors (Lipinski definition) is 1. The number of thiazole rings is 1. The molecular formula is C26H26N2O2S. The van der Waals surface area contributed by atoms with Crippen LogP contribution in [-0.4, -0.2) is 11.5 Å². The minimum absolute atomic E-state index is 0.0222. The van der Waals surface area contributed by atoms with Crippen LogP contribution in [0.1, 0.15) is 63.3 Å². The SMILES string of the molecule is CC1(C)CNC2CCC(C)(C)c3c2c1cc1cc(-c2nc4ccccc4s2)c(=O)oc31. The first-order valence-corrected chi connectivity index (χ1v) is 11.8. The van der Waals surface area contributed by atoms with Crippen LogP contribution in [0.15, 0.2) is 45.6 Å². The third-order valence-corrected chi connectivity index (χ3v) is 8.26. The Kier molecular flexibility index (Phi) is 3.88. The predicted octanol–water partition coefficient (Wildman–Crippen LogP) is 6.06. The van der Waals surface area contributed by atoms with E-state index in [0.717, 1.165) is 45.6 Å². The Morgan fingerprint density at radius 1 is 1.13 bits per heavy atom. The van der Waals surface area contributed by atoms with Gasteiger partial charge in [0.1, 0.15) is 10.6 Å². The molecule has 158 valence electrons. The molecule has 0 saturated carbocycles. The van der Waals surface area contributed by atoms with Gasteiger partial charge in [0.25, 0.3) is 0 Å². The van der Waals surface area contributed by atoms with Crippen molar-refractivity contribution in [3.63, 3.8) is 0 Å². The first-order chi connectivity index (χ1) is 14.7. The molecule has 4 aromatic rings. The third-order valence-electron chi connectivity index (χ3n) is 7.19. The lowest BCUT2D eigenvalue weighted by molar-refractivity contribution is 0.305. The van der Waals surface area contributed by atoms with Gasteiger partial charge in [0, 0.05) is 29.0 Å². The van der Waals surface area contributed by atoms with E-state index in [4.69, 9.17) is 9.40 Å². The van der Waals surface area contributed by atoms with E-state index in [9.17, 15) is 4.79 Å². The molecule has 0 bridgehead atoms. The summed E-state index contributed by atoms with van der Waals surface area (Å²) in [6.45, 7) is 10.1. The predicted molar refractivity (Wildman–Crippen MR) is 127 cm³/mol. The summed E-state index contributed by atoms with van der Waals surface area (Å²) in [5.41, 5.74) is 5.86. The average molecular weight is 431 g/mol. The van der Waals surface area contributed by atoms with Crippen molar-refractivity contribution < 1.29 is 4.42 Å². The molecule has 1 unspecified atom stereocenters. The van der Waals surface area contributed by atoms with E-state index in [1.165, 1.54) is 16.7 Å². The Bertz CT molecular complexity index is 1390. The van der Waals surface area contributed by atoms with E-state index < -0.39 is 0 Å². The normalized spacial score (nSPS) is 21.4. The number of nitrogens with one attached hydrogen (secondary N) is 1. The number of fused-ring (bicyclic) bond motifs is 3. The fourth-order valence-corrected chi connectivity index (χ4v) is 6.43. The van der Waals surface area contributed by atoms with E-state index in [0.29, 0.717) is 11.6 Å². The topological polar surface area (TPSA) is 55.1 Å². The van der Waals surface area contributed by atoms with Crippen LogP contribution >= 0.6 is 11.3 Å². The zero-order valence-electron chi connectivity index (χ0n) is 18.3. The highest BCUT2D eigenvalue weighted by Gasteiger charge is 2.42. The highest BCUT2D eigenvalue weighted by molar-refractivity contribution is 7.21. The van der Waals surface area contributed by atoms with Gasteiger partial charge in [0.2, 0.25) is 0 Å². The van der Waals surface area contributed by atoms with Crippen molar-refractivity contribution in [2.24, 2.45) is 0 Å². The summed E-state index contributed by atoms with van der Waals surface area (Å²) < 4.78 is 7.18. The first-order valence-electron chi connectivity index (χ1n) is 11.0. The highest BCUT2D eigenvalue weighted by Crippen LogP contribution is 2.50. The average Bonchev–Trinajstić information content (AvgIpc) is 3.15. The first kappa shape index (κ1) is 19.2. The Balaban J connectivity index is 1.68. The number of hydrogen-bond acceptors (Lipinski definition) is 5. The molecule has 0 radical (unpaired) electrons. The number of rotatable bonds is 1. The molecular weight excluding hydrogens is 404 g/mol. The number of nitrogens with zero attached hydrogens (tertiary/aromatic N) is 1. The molecule has 6 rings (SSSR count). The van der Waals surface area contributed by atoms with E-state index in [1.807, 2.05) is 30.3 Å². The zero-order valence-corrected chi connectivity index (χ0v) is 19.2. The van der Waals surface area contributed by atoms with Crippen LogP contribution in [0.25, 0.3) is 31.8 Å². The summed E-state index contributed by atoms with van der Waals surface area (Å²) in [6, 6.07) is 12.6. The van der Waals surface area contributed by atoms with Gasteiger partial charge in [-0.2, -0.15) is 0 Å². The van der Waals surface area contributed by atoms with Crippen LogP contribution in [0.2, 0.25) is 0 Å². The van der Waals surface area contributed by atoms with Crippen molar-refractivity contribution in [2.75, 3.05) is 6.54 Å². The van der Waals surface area contributed by atoms with Crippen molar-refractivity contribution in [1.82, 2.24) is 10.3 Å². The van der Waals surface area contributed by atoms with Crippen LogP contribution < -0.4 is 10.9 Å². The molecule has 1 atom stereocenters. The second-order valence-electron chi connectivity index (χ2n) is 10.3. The minimum atomic E-state index is -0.302. The molecule has 2 aromatic heterocycles. The van der Waals surface area contributed by atoms with Crippen LogP contribution in [0, 0.1) is 0 Å². The molecule has 0 saturated heterocycles. The lowest BCUT2D eigenvalue weighted by Crippen LogP contribution is -2.45. The largest absolute Gasteiger partial charge is 0.422 e. The molecule has 1 N–H and O–H groups in total. The molecule has 3 heterocycles. The van der Waals surface area contributed by atoms with Gasteiger partial charge in [0.05, 0.1) is 15.8 Å². The Labute approximate surface area is 185 Å². The van der Waals surface area contributed by atoms with E-state index in [2.05, 4.69) is 39.1 Å². The monoisotopic (exact) mass is 430 g/mol. The molecule has 1 aliphatic carbocycles. The van der Waals surface area contributed by atoms with Crippen molar-refractivity contribution in [3.05, 3.63) is 63.5 Å². The van der Waals surface area contributed by atoms with E-state index in [-0.39, 0.29) is 16.5 Å². The van der Waals surface area contributed by atoms with Crippen molar-refractivity contribution in [3.8, 4) is 10.6 Å². The standard InChI is InChI=1S/C26H26N2O2S/c1-25(2)10-9-18-20-16(26(3,4)13-27-18)12-14-11-15(24(29)30-22(14)21(20)25)23-28-17-7-5-6-8-19(17)31-23/h5-8,11-12,18,27H,9-10,13H2,1-4H3. The van der Waals surface area contributed by atoms with Crippen LogP contribution in [0.4, 0.5) is 0 Å². The summed E-state index contributed by atoms with van der Waals surface area (Å²) >= 11 is 1.54. The van der Waals surface area contributed by atoms with Crippen LogP contribution in [0.3, 0.4) is 0 Å². The van der Waals surface area contributed by atoms with Gasteiger partial charge in [-0.05, 0) is 53.6 Å². The molecule has 5 heteroatoms. The summed E-state index contributed by atoms with van der Waals surface area (Å²) in [5, 5.41) is 5.48. The molecule has 0 spiro atoms. The summed E-state index contributed by atoms with van der Waals surface area (Å²) in [7, 11) is 0. The van der Waals surface area contributed by atoms with Gasteiger partial charge in [-0.25, -0.2) is 9.78 Å². The van der Waals surface area contributed by atoms with Gasteiger partial charge in [-0.3, -0.25) is 0 Å². The lowest BCUT2D eigenvalue weighted by atomic mass is 9.64. The highest BCUT2D eigenvalue weighted by atomic mass is 32.1. The van der Waals surface area contributed by atoms with Gasteiger partial charge < -0.3 is 9.73 Å². The molecule has 2 aromatic carbocycles. The Hall–Kier alpha value is -2.50. The fraction of sp³-hybridized carbons (Fsp3) is 0.385. The summed E-state index contributed by atoms with van der Waals surface area (Å²) in [4.78, 5) is 17.9. The van der Waals surface area contributed by atoms with Crippen molar-refractivity contribution in [1.29, 1.82) is 0 Å². The number of para-hydroxylation sites is 1. The second-order valence-corrected chi connectivity index (χ2v) is 11.3. The number of aromatic nitrogens is 1. The fourth-order valence-electron chi connectivity index (χ4n) is 5.46. The molecule has 31 heavy (non-hydrogen) atoms. The van der Waals surface area contributed by atoms with Crippen LogP contribution in [-0.2, 0) is 10.8 Å². The summed E-state index contributed by atoms with van der Waals surface area (Å²) in [6.07, 6.45) is 2.18. The zero-order chi connectivity index (χ0) is 21.5. The smallest absolute Gasteiger partial charge is 0.346 e. The maximum Gasteiger partial charge on any atom is 0.346 e. The molecule has 2 aliphatic rings. The van der Waals surface area contributed by atoms with Gasteiger partial charge in [-0.1, -0.05) is 39.8 Å². The molecule has 4 nitrogen and oxygen atoms in total. The summed E-state index contributed by atoms with van der Waals surface area (Å²) in [5.74, 6) is 0. The quantitative estimate of drug-likeness (QED) is 0.373. The molecule has 1 aliphatic heterocycles.